The zero-order chi connectivity index (χ0) is 25.9. The summed E-state index contributed by atoms with van der Waals surface area (Å²) < 4.78 is 12.7. The SMILES string of the molecule is COc1ccc(OC)c(CNC(=O)[C@H]2CCCN(c3nccn4nc(-c5ccc(C)c(C)c5)cc34)C2)c1. The van der Waals surface area contributed by atoms with Crippen LogP contribution in [0.1, 0.15) is 29.5 Å². The first-order valence-corrected chi connectivity index (χ1v) is 12.6. The second kappa shape index (κ2) is 10.5. The molecule has 1 aliphatic rings. The highest BCUT2D eigenvalue weighted by atomic mass is 16.5. The number of aromatic nitrogens is 3. The van der Waals surface area contributed by atoms with Gasteiger partial charge >= 0.3 is 0 Å². The molecule has 8 nitrogen and oxygen atoms in total. The maximum Gasteiger partial charge on any atom is 0.225 e. The van der Waals surface area contributed by atoms with Crippen molar-refractivity contribution in [3.05, 3.63) is 71.5 Å². The van der Waals surface area contributed by atoms with Gasteiger partial charge in [0.25, 0.3) is 0 Å². The van der Waals surface area contributed by atoms with Crippen LogP contribution in [-0.4, -0.2) is 47.8 Å². The first-order valence-electron chi connectivity index (χ1n) is 12.6. The minimum atomic E-state index is -0.130. The monoisotopic (exact) mass is 499 g/mol. The van der Waals surface area contributed by atoms with Crippen LogP contribution < -0.4 is 19.7 Å². The van der Waals surface area contributed by atoms with Gasteiger partial charge in [-0.1, -0.05) is 12.1 Å². The second-order valence-corrected chi connectivity index (χ2v) is 9.59. The third-order valence-corrected chi connectivity index (χ3v) is 7.20. The Hall–Kier alpha value is -4.07. The fourth-order valence-electron chi connectivity index (χ4n) is 4.92. The molecule has 4 aromatic rings. The Morgan fingerprint density at radius 1 is 1.08 bits per heavy atom. The van der Waals surface area contributed by atoms with Crippen LogP contribution in [0.2, 0.25) is 0 Å². The number of piperidine rings is 1. The molecule has 0 saturated carbocycles. The van der Waals surface area contributed by atoms with E-state index >= 15 is 0 Å². The molecule has 1 atom stereocenters. The molecule has 8 heteroatoms. The number of hydrogen-bond donors (Lipinski definition) is 1. The highest BCUT2D eigenvalue weighted by Gasteiger charge is 2.28. The van der Waals surface area contributed by atoms with Crippen molar-refractivity contribution in [1.29, 1.82) is 0 Å². The third kappa shape index (κ3) is 5.09. The number of benzene rings is 2. The number of rotatable bonds is 7. The van der Waals surface area contributed by atoms with Crippen LogP contribution in [0.15, 0.2) is 54.9 Å². The lowest BCUT2D eigenvalue weighted by atomic mass is 9.97. The molecule has 37 heavy (non-hydrogen) atoms. The van der Waals surface area contributed by atoms with Gasteiger partial charge in [0.05, 0.1) is 25.8 Å². The minimum absolute atomic E-state index is 0.0332. The molecule has 0 radical (unpaired) electrons. The number of nitrogens with one attached hydrogen (secondary N) is 1. The maximum absolute atomic E-state index is 13.2. The van der Waals surface area contributed by atoms with Crippen LogP contribution in [0.4, 0.5) is 5.82 Å². The molecule has 2 aromatic heterocycles. The first-order chi connectivity index (χ1) is 18.0. The van der Waals surface area contributed by atoms with Crippen LogP contribution in [0, 0.1) is 19.8 Å². The molecule has 1 N–H and O–H groups in total. The predicted molar refractivity (Wildman–Crippen MR) is 144 cm³/mol. The molecule has 1 fully saturated rings. The number of ether oxygens (including phenoxy) is 2. The van der Waals surface area contributed by atoms with Gasteiger partial charge in [0.15, 0.2) is 5.82 Å². The van der Waals surface area contributed by atoms with Gasteiger partial charge in [-0.15, -0.1) is 0 Å². The van der Waals surface area contributed by atoms with Crippen molar-refractivity contribution in [2.75, 3.05) is 32.2 Å². The third-order valence-electron chi connectivity index (χ3n) is 7.20. The van der Waals surface area contributed by atoms with Gasteiger partial charge in [-0.05, 0) is 68.1 Å². The standard InChI is InChI=1S/C29H33N5O3/c1-19-7-8-21(14-20(19)2)25-16-26-28(30-11-13-34(26)32-25)33-12-5-6-22(18-33)29(35)31-17-23-15-24(36-3)9-10-27(23)37-4/h7-11,13-16,22H,5-6,12,17-18H2,1-4H3,(H,31,35)/t22-/m0/s1. The average molecular weight is 500 g/mol. The second-order valence-electron chi connectivity index (χ2n) is 9.59. The van der Waals surface area contributed by atoms with Gasteiger partial charge in [0.2, 0.25) is 5.91 Å². The Morgan fingerprint density at radius 3 is 2.73 bits per heavy atom. The summed E-state index contributed by atoms with van der Waals surface area (Å²) in [7, 11) is 3.25. The average Bonchev–Trinajstić information content (AvgIpc) is 3.37. The van der Waals surface area contributed by atoms with Crippen molar-refractivity contribution in [3.63, 3.8) is 0 Å². The lowest BCUT2D eigenvalue weighted by Gasteiger charge is -2.33. The maximum atomic E-state index is 13.2. The molecule has 1 aliphatic heterocycles. The van der Waals surface area contributed by atoms with E-state index in [9.17, 15) is 4.79 Å². The van der Waals surface area contributed by atoms with Crippen LogP contribution in [0.5, 0.6) is 11.5 Å². The summed E-state index contributed by atoms with van der Waals surface area (Å²) in [5.74, 6) is 2.22. The molecule has 3 heterocycles. The molecule has 1 saturated heterocycles. The van der Waals surface area contributed by atoms with Gasteiger partial charge in [-0.2, -0.15) is 5.10 Å². The molecular formula is C29H33N5O3. The Kier molecular flexibility index (Phi) is 6.99. The van der Waals surface area contributed by atoms with E-state index in [0.717, 1.165) is 59.0 Å². The summed E-state index contributed by atoms with van der Waals surface area (Å²) >= 11 is 0. The zero-order valence-electron chi connectivity index (χ0n) is 21.8. The van der Waals surface area contributed by atoms with Gasteiger partial charge < -0.3 is 19.7 Å². The van der Waals surface area contributed by atoms with E-state index in [1.807, 2.05) is 28.9 Å². The summed E-state index contributed by atoms with van der Waals surface area (Å²) in [6.45, 7) is 6.07. The number of methoxy groups -OCH3 is 2. The van der Waals surface area contributed by atoms with Crippen LogP contribution in [0.3, 0.4) is 0 Å². The number of hydrogen-bond acceptors (Lipinski definition) is 6. The lowest BCUT2D eigenvalue weighted by Crippen LogP contribution is -2.43. The first kappa shape index (κ1) is 24.6. The Morgan fingerprint density at radius 2 is 1.95 bits per heavy atom. The minimum Gasteiger partial charge on any atom is -0.497 e. The van der Waals surface area contributed by atoms with Crippen LogP contribution in [0.25, 0.3) is 16.8 Å². The molecule has 5 rings (SSSR count). The van der Waals surface area contributed by atoms with E-state index in [1.54, 1.807) is 20.4 Å². The zero-order valence-corrected chi connectivity index (χ0v) is 21.8. The fourth-order valence-corrected chi connectivity index (χ4v) is 4.92. The summed E-state index contributed by atoms with van der Waals surface area (Å²) in [5.41, 5.74) is 6.32. The topological polar surface area (TPSA) is 81.0 Å². The molecule has 0 bridgehead atoms. The van der Waals surface area contributed by atoms with E-state index < -0.39 is 0 Å². The Bertz CT molecular complexity index is 1430. The quantitative estimate of drug-likeness (QED) is 0.401. The Balaban J connectivity index is 1.32. The number of amides is 1. The van der Waals surface area contributed by atoms with E-state index in [-0.39, 0.29) is 11.8 Å². The molecule has 0 spiro atoms. The molecule has 1 amide bonds. The normalized spacial score (nSPS) is 15.6. The van der Waals surface area contributed by atoms with Crippen molar-refractivity contribution in [2.24, 2.45) is 5.92 Å². The van der Waals surface area contributed by atoms with Gasteiger partial charge in [-0.25, -0.2) is 9.50 Å². The van der Waals surface area contributed by atoms with E-state index in [2.05, 4.69) is 48.3 Å². The number of carbonyl (C=O) groups is 1. The van der Waals surface area contributed by atoms with Crippen molar-refractivity contribution < 1.29 is 14.3 Å². The summed E-state index contributed by atoms with van der Waals surface area (Å²) in [4.78, 5) is 20.1. The summed E-state index contributed by atoms with van der Waals surface area (Å²) in [6, 6.07) is 14.1. The molecule has 0 unspecified atom stereocenters. The number of anilines is 1. The largest absolute Gasteiger partial charge is 0.497 e. The van der Waals surface area contributed by atoms with Crippen molar-refractivity contribution in [2.45, 2.75) is 33.2 Å². The van der Waals surface area contributed by atoms with Crippen LogP contribution >= 0.6 is 0 Å². The van der Waals surface area contributed by atoms with E-state index in [4.69, 9.17) is 19.6 Å². The molecular weight excluding hydrogens is 466 g/mol. The van der Waals surface area contributed by atoms with Gasteiger partial charge in [-0.3, -0.25) is 4.79 Å². The molecule has 192 valence electrons. The number of aryl methyl sites for hydroxylation is 2. The summed E-state index contributed by atoms with van der Waals surface area (Å²) in [5, 5.41) is 7.91. The van der Waals surface area contributed by atoms with Gasteiger partial charge in [0, 0.05) is 43.2 Å². The lowest BCUT2D eigenvalue weighted by molar-refractivity contribution is -0.125. The van der Waals surface area contributed by atoms with Crippen molar-refractivity contribution >= 4 is 17.2 Å². The summed E-state index contributed by atoms with van der Waals surface area (Å²) in [6.07, 6.45) is 5.41. The fraction of sp³-hybridized carbons (Fsp3) is 0.345. The smallest absolute Gasteiger partial charge is 0.225 e. The number of carbonyl (C=O) groups excluding carboxylic acids is 1. The predicted octanol–water partition coefficient (Wildman–Crippen LogP) is 4.56. The van der Waals surface area contributed by atoms with Gasteiger partial charge in [0.1, 0.15) is 17.0 Å². The molecule has 0 aliphatic carbocycles. The van der Waals surface area contributed by atoms with Crippen molar-refractivity contribution in [1.82, 2.24) is 19.9 Å². The Labute approximate surface area is 217 Å². The van der Waals surface area contributed by atoms with Crippen LogP contribution in [-0.2, 0) is 11.3 Å². The van der Waals surface area contributed by atoms with E-state index in [1.165, 1.54) is 11.1 Å². The van der Waals surface area contributed by atoms with Crippen molar-refractivity contribution in [3.8, 4) is 22.8 Å². The number of fused-ring (bicyclic) bond motifs is 1. The molecule has 2 aromatic carbocycles. The van der Waals surface area contributed by atoms with E-state index in [0.29, 0.717) is 13.1 Å². The highest BCUT2D eigenvalue weighted by molar-refractivity contribution is 5.81. The number of nitrogens with zero attached hydrogens (tertiary/aromatic N) is 4. The highest BCUT2D eigenvalue weighted by Crippen LogP contribution is 2.29.